The van der Waals surface area contributed by atoms with Gasteiger partial charge in [0.2, 0.25) is 5.43 Å². The first-order valence-corrected chi connectivity index (χ1v) is 25.2. The Hall–Kier alpha value is -10.8. The summed E-state index contributed by atoms with van der Waals surface area (Å²) in [5, 5.41) is 8.96. The number of nitrogens with two attached hydrogens (primary N) is 2. The standard InChI is InChI=1S/C12H16N2O4.C12H8N2O2.C10H9ClN2O2.C10H10N2O3.C8H6N2O2.C4H6N2.4CH4/c1-3-17-11(15)10(12(16)18-4-2)9-13-14-7-5-6-8-14;15-11-9-5-1-2-6-10(9)12(16)14(11)13-7-3-4-8-13;1-2-15-10(14)7-6-12-13-5-3-4-8(13)9(7)11;1-2-15-10(14)7-6-11-12-5-3-4-8(12)9(7)13;9-10-7(11)5-3-1-2-4-6(5)8(10)12;5-6-3-1-2-4-6;;;;/h5-9,13H,3-4H2,1-2H3;1-8H;3-6H,2H2,1H3;3-6,11H,2H2,1H3;1-4H,9H2;1-4H,5H2;4*1H4. The average molecular weight is 1200 g/mol. The van der Waals surface area contributed by atoms with Crippen LogP contribution in [-0.4, -0.2) is 112 Å². The van der Waals surface area contributed by atoms with Crippen LogP contribution in [0.25, 0.3) is 11.0 Å². The molecule has 0 unspecified atom stereocenters. The summed E-state index contributed by atoms with van der Waals surface area (Å²) in [5.74, 6) is 6.50. The van der Waals surface area contributed by atoms with Gasteiger partial charge in [0.05, 0.1) is 65.4 Å². The summed E-state index contributed by atoms with van der Waals surface area (Å²) in [6.45, 7) is 7.74. The van der Waals surface area contributed by atoms with E-state index in [1.807, 2.05) is 18.2 Å². The summed E-state index contributed by atoms with van der Waals surface area (Å²) >= 11 is 6.05. The third-order valence-corrected chi connectivity index (χ3v) is 11.5. The molecule has 0 bridgehead atoms. The molecule has 0 saturated carbocycles. The number of nitrogens with zero attached hydrogens (tertiary/aromatic N) is 8. The zero-order valence-corrected chi connectivity index (χ0v) is 45.2. The fourth-order valence-corrected chi connectivity index (χ4v) is 7.54. The molecule has 0 spiro atoms. The van der Waals surface area contributed by atoms with Gasteiger partial charge in [-0.3, -0.25) is 42.5 Å². The van der Waals surface area contributed by atoms with E-state index in [4.69, 9.17) is 42.2 Å². The molecule has 9 heterocycles. The van der Waals surface area contributed by atoms with Crippen LogP contribution in [0, 0.1) is 0 Å². The number of amides is 4. The number of aromatic nitrogens is 7. The van der Waals surface area contributed by atoms with Gasteiger partial charge in [0.25, 0.3) is 23.6 Å². The van der Waals surface area contributed by atoms with Gasteiger partial charge in [-0.1, -0.05) is 65.6 Å². The molecule has 0 saturated heterocycles. The number of carbonyl (C=O) groups excluding carboxylic acids is 8. The summed E-state index contributed by atoms with van der Waals surface area (Å²) in [5.41, 5.74) is 5.39. The number of hydrazine groups is 1. The highest BCUT2D eigenvalue weighted by Gasteiger charge is 2.36. The lowest BCUT2D eigenvalue weighted by molar-refractivity contribution is -0.146. The highest BCUT2D eigenvalue weighted by atomic mass is 35.5. The molecule has 2 aliphatic heterocycles. The summed E-state index contributed by atoms with van der Waals surface area (Å²) in [6.07, 6.45) is 17.8. The van der Waals surface area contributed by atoms with Crippen LogP contribution < -0.4 is 27.5 Å². The van der Waals surface area contributed by atoms with E-state index in [9.17, 15) is 43.2 Å². The molecule has 2 aromatic carbocycles. The molecular formula is C60H71ClN12O13. The molecule has 0 aliphatic carbocycles. The molecule has 11 rings (SSSR count). The van der Waals surface area contributed by atoms with E-state index < -0.39 is 35.7 Å². The molecule has 6 N–H and O–H groups in total. The number of carbonyl (C=O) groups is 8. The molecule has 86 heavy (non-hydrogen) atoms. The maximum absolute atomic E-state index is 12.0. The Labute approximate surface area is 501 Å². The van der Waals surface area contributed by atoms with Gasteiger partial charge in [0.15, 0.2) is 5.57 Å². The van der Waals surface area contributed by atoms with Crippen molar-refractivity contribution >= 4 is 70.1 Å². The topological polar surface area (TPSA) is 313 Å². The minimum absolute atomic E-state index is 0. The van der Waals surface area contributed by atoms with Crippen LogP contribution in [-0.2, 0) is 28.5 Å². The van der Waals surface area contributed by atoms with Crippen molar-refractivity contribution in [1.29, 1.82) is 0 Å². The Morgan fingerprint density at radius 3 is 1.47 bits per heavy atom. The summed E-state index contributed by atoms with van der Waals surface area (Å²) < 4.78 is 26.9. The lowest BCUT2D eigenvalue weighted by atomic mass is 10.1. The SMILES string of the molecule is C.C.C.C.CCOC(=O)C(=CNn1cccc1)C(=O)OCC.CCOC(=O)c1c[nH]n2cccc2c1=O.CCOC(=O)c1cnn2cccc2c1Cl.NN1C(=O)c2ccccc2C1=O.Nn1cccc1.O=C1c2ccccc2C(=O)N1n1cccc1. The number of nitrogens with one attached hydrogen (secondary N) is 2. The van der Waals surface area contributed by atoms with Crippen LogP contribution in [0.5, 0.6) is 0 Å². The van der Waals surface area contributed by atoms with Gasteiger partial charge in [-0.15, -0.1) is 0 Å². The Morgan fingerprint density at radius 1 is 0.547 bits per heavy atom. The normalized spacial score (nSPS) is 11.0. The van der Waals surface area contributed by atoms with E-state index in [1.54, 1.807) is 182 Å². The van der Waals surface area contributed by atoms with Gasteiger partial charge in [-0.25, -0.2) is 34.5 Å². The van der Waals surface area contributed by atoms with E-state index in [0.717, 1.165) is 5.01 Å². The number of esters is 4. The van der Waals surface area contributed by atoms with Crippen LogP contribution in [0.15, 0.2) is 188 Å². The fraction of sp³-hybridized carbons (Fsp3) is 0.200. The van der Waals surface area contributed by atoms with Gasteiger partial charge in [0.1, 0.15) is 16.6 Å². The second kappa shape index (κ2) is 34.6. The molecule has 25 nitrogen and oxygen atoms in total. The first-order valence-electron chi connectivity index (χ1n) is 24.9. The smallest absolute Gasteiger partial charge is 0.347 e. The van der Waals surface area contributed by atoms with Gasteiger partial charge in [-0.2, -0.15) is 10.1 Å². The van der Waals surface area contributed by atoms with Crippen LogP contribution in [0.3, 0.4) is 0 Å². The third-order valence-electron chi connectivity index (χ3n) is 11.1. The Balaban J connectivity index is 0.000000355. The van der Waals surface area contributed by atoms with Gasteiger partial charge < -0.3 is 35.3 Å². The first-order chi connectivity index (χ1) is 39.6. The molecule has 4 amide bonds. The molecule has 2 aliphatic rings. The second-order valence-electron chi connectivity index (χ2n) is 16.3. The minimum atomic E-state index is -0.712. The van der Waals surface area contributed by atoms with E-state index in [0.29, 0.717) is 55.5 Å². The highest BCUT2D eigenvalue weighted by molar-refractivity contribution is 6.36. The van der Waals surface area contributed by atoms with E-state index in [2.05, 4.69) is 15.6 Å². The fourth-order valence-electron chi connectivity index (χ4n) is 7.27. The van der Waals surface area contributed by atoms with Crippen molar-refractivity contribution in [2.75, 3.05) is 42.7 Å². The van der Waals surface area contributed by atoms with Crippen molar-refractivity contribution < 1.29 is 57.3 Å². The number of benzene rings is 2. The van der Waals surface area contributed by atoms with Crippen LogP contribution in [0.2, 0.25) is 5.02 Å². The number of halogens is 1. The third kappa shape index (κ3) is 17.6. The lowest BCUT2D eigenvalue weighted by Gasteiger charge is -2.14. The minimum Gasteiger partial charge on any atom is -0.462 e. The summed E-state index contributed by atoms with van der Waals surface area (Å²) in [7, 11) is 0. The predicted octanol–water partition coefficient (Wildman–Crippen LogP) is 8.33. The molecule has 0 radical (unpaired) electrons. The average Bonchev–Trinajstić information content (AvgIpc) is 1.86. The van der Waals surface area contributed by atoms with Gasteiger partial charge in [-0.05, 0) is 113 Å². The number of aromatic amines is 1. The number of rotatable bonds is 11. The van der Waals surface area contributed by atoms with Crippen molar-refractivity contribution in [3.8, 4) is 0 Å². The summed E-state index contributed by atoms with van der Waals surface area (Å²) in [6, 6.07) is 31.3. The second-order valence-corrected chi connectivity index (χ2v) is 16.7. The van der Waals surface area contributed by atoms with Crippen molar-refractivity contribution in [1.82, 2.24) is 38.3 Å². The highest BCUT2D eigenvalue weighted by Crippen LogP contribution is 2.23. The quantitative estimate of drug-likeness (QED) is 0.0138. The van der Waals surface area contributed by atoms with Crippen LogP contribution >= 0.6 is 11.6 Å². The molecule has 26 heteroatoms. The zero-order valence-electron chi connectivity index (χ0n) is 44.5. The molecular weight excluding hydrogens is 1130 g/mol. The molecule has 0 atom stereocenters. The Bertz CT molecular complexity index is 3680. The van der Waals surface area contributed by atoms with Gasteiger partial charge in [0, 0.05) is 62.0 Å². The number of hydrogen-bond donors (Lipinski definition) is 4. The molecule has 7 aromatic heterocycles. The van der Waals surface area contributed by atoms with Crippen LogP contribution in [0.1, 0.15) is 120 Å². The predicted molar refractivity (Wildman–Crippen MR) is 326 cm³/mol. The molecule has 0 fully saturated rings. The maximum Gasteiger partial charge on any atom is 0.347 e. The number of hydrogen-bond acceptors (Lipinski definition) is 17. The Morgan fingerprint density at radius 2 is 0.988 bits per heavy atom. The first kappa shape index (κ1) is 71.3. The van der Waals surface area contributed by atoms with Crippen LogP contribution in [0.4, 0.5) is 0 Å². The van der Waals surface area contributed by atoms with Crippen molar-refractivity contribution in [3.63, 3.8) is 0 Å². The van der Waals surface area contributed by atoms with Crippen molar-refractivity contribution in [2.45, 2.75) is 57.4 Å². The van der Waals surface area contributed by atoms with E-state index >= 15 is 0 Å². The molecule has 456 valence electrons. The number of fused-ring (bicyclic) bond motifs is 4. The van der Waals surface area contributed by atoms with E-state index in [-0.39, 0.29) is 77.9 Å². The number of H-pyrrole nitrogens is 1. The lowest BCUT2D eigenvalue weighted by Crippen LogP contribution is -2.38. The number of imide groups is 2. The number of ether oxygens (including phenoxy) is 4. The van der Waals surface area contributed by atoms with E-state index in [1.165, 1.54) is 27.9 Å². The Kier molecular flexibility index (Phi) is 28.7. The van der Waals surface area contributed by atoms with Gasteiger partial charge >= 0.3 is 23.9 Å². The molecule has 9 aromatic rings. The zero-order chi connectivity index (χ0) is 59.3. The van der Waals surface area contributed by atoms with Crippen molar-refractivity contribution in [3.05, 3.63) is 232 Å². The monoisotopic (exact) mass is 1200 g/mol. The largest absolute Gasteiger partial charge is 0.462 e. The summed E-state index contributed by atoms with van der Waals surface area (Å²) in [4.78, 5) is 104. The number of nitrogen functional groups attached to an aromatic ring is 1. The van der Waals surface area contributed by atoms with Crippen molar-refractivity contribution in [2.24, 2.45) is 5.84 Å². The maximum atomic E-state index is 12.0.